The van der Waals surface area contributed by atoms with Crippen molar-refractivity contribution in [1.29, 1.82) is 0 Å². The zero-order valence-corrected chi connectivity index (χ0v) is 11.0. The molecule has 0 aliphatic heterocycles. The van der Waals surface area contributed by atoms with Gasteiger partial charge in [-0.2, -0.15) is 0 Å². The first-order chi connectivity index (χ1) is 7.56. The molecule has 0 aromatic heterocycles. The maximum Gasteiger partial charge on any atom is 0.303 e. The Morgan fingerprint density at radius 1 is 1.50 bits per heavy atom. The Kier molecular flexibility index (Phi) is 4.80. The van der Waals surface area contributed by atoms with Crippen LogP contribution in [0.1, 0.15) is 24.0 Å². The lowest BCUT2D eigenvalue weighted by molar-refractivity contribution is -0.137. The van der Waals surface area contributed by atoms with E-state index in [1.54, 1.807) is 7.11 Å². The molecule has 16 heavy (non-hydrogen) atoms. The third-order valence-corrected chi connectivity index (χ3v) is 3.35. The number of rotatable bonds is 5. The Morgan fingerprint density at radius 2 is 2.19 bits per heavy atom. The fourth-order valence-electron chi connectivity index (χ4n) is 1.58. The smallest absolute Gasteiger partial charge is 0.303 e. The van der Waals surface area contributed by atoms with Crippen molar-refractivity contribution in [3.05, 3.63) is 27.7 Å². The zero-order chi connectivity index (χ0) is 12.1. The molecule has 1 N–H and O–H groups in total. The van der Waals surface area contributed by atoms with Crippen molar-refractivity contribution in [2.75, 3.05) is 7.11 Å². The molecule has 0 saturated heterocycles. The molecule has 0 saturated carbocycles. The molecule has 0 radical (unpaired) electrons. The summed E-state index contributed by atoms with van der Waals surface area (Å²) in [5.74, 6) is 0.0348. The van der Waals surface area contributed by atoms with Crippen LogP contribution in [-0.4, -0.2) is 18.2 Å². The molecule has 0 bridgehead atoms. The van der Waals surface area contributed by atoms with Crippen LogP contribution < -0.4 is 4.74 Å². The maximum atomic E-state index is 10.4. The molecule has 0 amide bonds. The first-order valence-electron chi connectivity index (χ1n) is 5.10. The number of hydrogen-bond acceptors (Lipinski definition) is 2. The molecule has 1 aromatic rings. The summed E-state index contributed by atoms with van der Waals surface area (Å²) >= 11 is 3.49. The molecule has 4 heteroatoms. The number of aliphatic carboxylic acids is 1. The number of methoxy groups -OCH3 is 1. The quantitative estimate of drug-likeness (QED) is 0.904. The van der Waals surface area contributed by atoms with E-state index >= 15 is 0 Å². The van der Waals surface area contributed by atoms with E-state index in [2.05, 4.69) is 15.9 Å². The van der Waals surface area contributed by atoms with Crippen LogP contribution >= 0.6 is 15.9 Å². The number of benzene rings is 1. The van der Waals surface area contributed by atoms with Crippen LogP contribution in [0.4, 0.5) is 0 Å². The zero-order valence-electron chi connectivity index (χ0n) is 9.42. The number of hydrogen-bond donors (Lipinski definition) is 1. The van der Waals surface area contributed by atoms with Crippen LogP contribution in [0.3, 0.4) is 0 Å². The molecule has 0 fully saturated rings. The first-order valence-corrected chi connectivity index (χ1v) is 5.89. The standard InChI is InChI=1S/C12H15BrO3/c1-8-6-7-10(16-2)12(13)9(8)4-3-5-11(14)15/h6-7H,3-5H2,1-2H3,(H,14,15). The second kappa shape index (κ2) is 5.89. The highest BCUT2D eigenvalue weighted by Crippen LogP contribution is 2.31. The van der Waals surface area contributed by atoms with Gasteiger partial charge in [0.2, 0.25) is 0 Å². The topological polar surface area (TPSA) is 46.5 Å². The lowest BCUT2D eigenvalue weighted by atomic mass is 10.0. The van der Waals surface area contributed by atoms with Crippen molar-refractivity contribution in [2.45, 2.75) is 26.2 Å². The Hall–Kier alpha value is -1.03. The summed E-state index contributed by atoms with van der Waals surface area (Å²) in [6, 6.07) is 3.89. The minimum absolute atomic E-state index is 0.198. The fourth-order valence-corrected chi connectivity index (χ4v) is 2.38. The van der Waals surface area contributed by atoms with Gasteiger partial charge in [0.05, 0.1) is 11.6 Å². The van der Waals surface area contributed by atoms with Gasteiger partial charge in [0.25, 0.3) is 0 Å². The van der Waals surface area contributed by atoms with Gasteiger partial charge in [0.15, 0.2) is 0 Å². The van der Waals surface area contributed by atoms with E-state index in [0.717, 1.165) is 27.8 Å². The van der Waals surface area contributed by atoms with Gasteiger partial charge in [-0.3, -0.25) is 4.79 Å². The number of aryl methyl sites for hydroxylation is 1. The minimum atomic E-state index is -0.753. The molecule has 0 spiro atoms. The van der Waals surface area contributed by atoms with Crippen LogP contribution in [0, 0.1) is 6.92 Å². The molecule has 0 atom stereocenters. The van der Waals surface area contributed by atoms with Crippen LogP contribution in [0.25, 0.3) is 0 Å². The molecule has 0 heterocycles. The molecule has 88 valence electrons. The Morgan fingerprint density at radius 3 is 2.75 bits per heavy atom. The third kappa shape index (κ3) is 3.23. The van der Waals surface area contributed by atoms with Crippen molar-refractivity contribution in [1.82, 2.24) is 0 Å². The van der Waals surface area contributed by atoms with Gasteiger partial charge in [-0.05, 0) is 52.9 Å². The molecule has 3 nitrogen and oxygen atoms in total. The summed E-state index contributed by atoms with van der Waals surface area (Å²) in [7, 11) is 1.62. The predicted molar refractivity (Wildman–Crippen MR) is 66.0 cm³/mol. The lowest BCUT2D eigenvalue weighted by Crippen LogP contribution is -1.99. The molecule has 0 aliphatic carbocycles. The van der Waals surface area contributed by atoms with Crippen LogP contribution in [0.15, 0.2) is 16.6 Å². The molecule has 1 rings (SSSR count). The summed E-state index contributed by atoms with van der Waals surface area (Å²) in [6.07, 6.45) is 1.58. The highest BCUT2D eigenvalue weighted by Gasteiger charge is 2.09. The average molecular weight is 287 g/mol. The summed E-state index contributed by atoms with van der Waals surface area (Å²) in [6.45, 7) is 2.01. The highest BCUT2D eigenvalue weighted by molar-refractivity contribution is 9.10. The van der Waals surface area contributed by atoms with Crippen molar-refractivity contribution < 1.29 is 14.6 Å². The maximum absolute atomic E-state index is 10.4. The number of ether oxygens (including phenoxy) is 1. The first kappa shape index (κ1) is 13.0. The van der Waals surface area contributed by atoms with E-state index in [1.165, 1.54) is 0 Å². The van der Waals surface area contributed by atoms with E-state index in [9.17, 15) is 4.79 Å². The number of carboxylic acids is 1. The largest absolute Gasteiger partial charge is 0.496 e. The van der Waals surface area contributed by atoms with Crippen LogP contribution in [0.5, 0.6) is 5.75 Å². The highest BCUT2D eigenvalue weighted by atomic mass is 79.9. The molecule has 0 aliphatic rings. The van der Waals surface area contributed by atoms with Gasteiger partial charge in [0.1, 0.15) is 5.75 Å². The van der Waals surface area contributed by atoms with Crippen LogP contribution in [0.2, 0.25) is 0 Å². The van der Waals surface area contributed by atoms with E-state index in [4.69, 9.17) is 9.84 Å². The fraction of sp³-hybridized carbons (Fsp3) is 0.417. The Balaban J connectivity index is 2.81. The number of carbonyl (C=O) groups is 1. The lowest BCUT2D eigenvalue weighted by Gasteiger charge is -2.11. The van der Waals surface area contributed by atoms with Crippen molar-refractivity contribution >= 4 is 21.9 Å². The third-order valence-electron chi connectivity index (χ3n) is 2.48. The van der Waals surface area contributed by atoms with Crippen molar-refractivity contribution in [3.63, 3.8) is 0 Å². The second-order valence-electron chi connectivity index (χ2n) is 3.62. The Bertz CT molecular complexity index is 388. The minimum Gasteiger partial charge on any atom is -0.496 e. The van der Waals surface area contributed by atoms with E-state index in [-0.39, 0.29) is 6.42 Å². The van der Waals surface area contributed by atoms with E-state index in [0.29, 0.717) is 6.42 Å². The molecular weight excluding hydrogens is 272 g/mol. The van der Waals surface area contributed by atoms with Gasteiger partial charge in [-0.1, -0.05) is 6.07 Å². The SMILES string of the molecule is COc1ccc(C)c(CCCC(=O)O)c1Br. The van der Waals surface area contributed by atoms with Gasteiger partial charge in [0, 0.05) is 6.42 Å². The monoisotopic (exact) mass is 286 g/mol. The summed E-state index contributed by atoms with van der Waals surface area (Å²) < 4.78 is 6.14. The summed E-state index contributed by atoms with van der Waals surface area (Å²) in [5, 5.41) is 8.59. The second-order valence-corrected chi connectivity index (χ2v) is 4.42. The summed E-state index contributed by atoms with van der Waals surface area (Å²) in [5.41, 5.74) is 2.28. The predicted octanol–water partition coefficient (Wildman–Crippen LogP) is 3.17. The molecular formula is C12H15BrO3. The van der Waals surface area contributed by atoms with Gasteiger partial charge >= 0.3 is 5.97 Å². The van der Waals surface area contributed by atoms with Crippen molar-refractivity contribution in [3.8, 4) is 5.75 Å². The van der Waals surface area contributed by atoms with Crippen LogP contribution in [-0.2, 0) is 11.2 Å². The van der Waals surface area contributed by atoms with Gasteiger partial charge in [-0.25, -0.2) is 0 Å². The van der Waals surface area contributed by atoms with E-state index in [1.807, 2.05) is 19.1 Å². The molecule has 1 aromatic carbocycles. The number of halogens is 1. The number of carboxylic acid groups (broad SMARTS) is 1. The van der Waals surface area contributed by atoms with E-state index < -0.39 is 5.97 Å². The molecule has 0 unspecified atom stereocenters. The Labute approximate surface area is 104 Å². The van der Waals surface area contributed by atoms with Crippen molar-refractivity contribution in [2.24, 2.45) is 0 Å². The van der Waals surface area contributed by atoms with Gasteiger partial charge in [-0.15, -0.1) is 0 Å². The average Bonchev–Trinajstić information content (AvgIpc) is 2.23. The van der Waals surface area contributed by atoms with Gasteiger partial charge < -0.3 is 9.84 Å². The normalized spacial score (nSPS) is 10.2. The summed E-state index contributed by atoms with van der Waals surface area (Å²) in [4.78, 5) is 10.4.